The summed E-state index contributed by atoms with van der Waals surface area (Å²) in [7, 11) is 1.64. The monoisotopic (exact) mass is 507 g/mol. The Bertz CT molecular complexity index is 1310. The van der Waals surface area contributed by atoms with Gasteiger partial charge in [-0.3, -0.25) is 19.5 Å². The number of methoxy groups -OCH3 is 1. The number of thiazole rings is 1. The van der Waals surface area contributed by atoms with E-state index in [2.05, 4.69) is 41.1 Å². The van der Waals surface area contributed by atoms with Gasteiger partial charge >= 0.3 is 4.87 Å². The van der Waals surface area contributed by atoms with E-state index >= 15 is 0 Å². The Morgan fingerprint density at radius 2 is 1.86 bits per heavy atom. The molecule has 2 aliphatic heterocycles. The van der Waals surface area contributed by atoms with E-state index in [1.165, 1.54) is 11.1 Å². The molecule has 2 aliphatic rings. The summed E-state index contributed by atoms with van der Waals surface area (Å²) in [6.45, 7) is 5.88. The van der Waals surface area contributed by atoms with Crippen LogP contribution < -0.4 is 14.5 Å². The number of aryl methyl sites for hydroxylation is 1. The number of nitrogens with zero attached hydrogens (tertiary/aromatic N) is 2. The minimum absolute atomic E-state index is 0.0734. The number of hydrogen-bond donors (Lipinski definition) is 2. The number of fused-ring (bicyclic) bond motifs is 1. The predicted octanol–water partition coefficient (Wildman–Crippen LogP) is 4.24. The lowest BCUT2D eigenvalue weighted by molar-refractivity contribution is -0.119. The highest BCUT2D eigenvalue weighted by Crippen LogP contribution is 2.41. The molecule has 3 heterocycles. The molecule has 0 spiro atoms. The number of H-pyrrole nitrogens is 1. The van der Waals surface area contributed by atoms with E-state index in [0.29, 0.717) is 42.4 Å². The number of hydrogen-bond acceptors (Lipinski definition) is 6. The van der Waals surface area contributed by atoms with Gasteiger partial charge in [0.25, 0.3) is 0 Å². The molecule has 36 heavy (non-hydrogen) atoms. The third kappa shape index (κ3) is 5.06. The number of nitrogens with one attached hydrogen (secondary N) is 1. The van der Waals surface area contributed by atoms with E-state index in [-0.39, 0.29) is 16.7 Å². The first-order chi connectivity index (χ1) is 17.4. The molecule has 5 rings (SSSR count). The molecular formula is C28H33N3O4S. The van der Waals surface area contributed by atoms with Crippen molar-refractivity contribution < 1.29 is 14.6 Å². The second kappa shape index (κ2) is 10.5. The lowest BCUT2D eigenvalue weighted by Crippen LogP contribution is -2.43. The van der Waals surface area contributed by atoms with Crippen molar-refractivity contribution in [3.8, 4) is 11.6 Å². The van der Waals surface area contributed by atoms with Gasteiger partial charge in [0, 0.05) is 25.9 Å². The van der Waals surface area contributed by atoms with Gasteiger partial charge in [0.1, 0.15) is 5.75 Å². The lowest BCUT2D eigenvalue weighted by Gasteiger charge is -2.38. The molecule has 0 aliphatic carbocycles. The first-order valence-corrected chi connectivity index (χ1v) is 13.4. The molecule has 1 saturated heterocycles. The highest BCUT2D eigenvalue weighted by molar-refractivity contribution is 7.09. The lowest BCUT2D eigenvalue weighted by atomic mass is 9.90. The van der Waals surface area contributed by atoms with E-state index < -0.39 is 0 Å². The largest absolute Gasteiger partial charge is 0.495 e. The molecule has 190 valence electrons. The maximum atomic E-state index is 13.1. The minimum atomic E-state index is -0.268. The van der Waals surface area contributed by atoms with Crippen molar-refractivity contribution in [1.82, 2.24) is 9.88 Å². The highest BCUT2D eigenvalue weighted by atomic mass is 32.1. The third-order valence-electron chi connectivity index (χ3n) is 7.58. The Morgan fingerprint density at radius 3 is 2.56 bits per heavy atom. The van der Waals surface area contributed by atoms with Crippen LogP contribution >= 0.6 is 11.3 Å². The molecule has 7 nitrogen and oxygen atoms in total. The van der Waals surface area contributed by atoms with Crippen LogP contribution in [-0.2, 0) is 24.2 Å². The Hall–Kier alpha value is -3.10. The summed E-state index contributed by atoms with van der Waals surface area (Å²) in [5.41, 5.74) is 5.66. The number of benzene rings is 2. The van der Waals surface area contributed by atoms with Gasteiger partial charge in [-0.2, -0.15) is 0 Å². The van der Waals surface area contributed by atoms with Crippen molar-refractivity contribution >= 4 is 22.9 Å². The summed E-state index contributed by atoms with van der Waals surface area (Å²) in [6, 6.07) is 12.5. The van der Waals surface area contributed by atoms with E-state index in [9.17, 15) is 14.7 Å². The van der Waals surface area contributed by atoms with Gasteiger partial charge in [-0.15, -0.1) is 0 Å². The van der Waals surface area contributed by atoms with Crippen molar-refractivity contribution in [2.24, 2.45) is 5.92 Å². The SMILES string of the molecule is COc1ccc(Cc2sc(=O)[nH]c2O)c2c1N(CC1CCN(Cc3ccccc3C)CC1)C(=O)CC2. The van der Waals surface area contributed by atoms with E-state index in [4.69, 9.17) is 4.74 Å². The standard InChI is InChI=1S/C28H33N3O4S/c1-18-5-3-4-6-21(18)17-30-13-11-19(12-14-30)16-31-25(32)10-8-22-20(7-9-23(35-2)26(22)31)15-24-27(33)29-28(34)36-24/h3-7,9,19,33H,8,10-17H2,1-2H3,(H,29,34). The van der Waals surface area contributed by atoms with E-state index in [1.807, 2.05) is 17.0 Å². The van der Waals surface area contributed by atoms with E-state index in [0.717, 1.165) is 60.6 Å². The van der Waals surface area contributed by atoms with Gasteiger partial charge in [0.2, 0.25) is 11.8 Å². The third-order valence-corrected chi connectivity index (χ3v) is 8.45. The number of aromatic hydroxyl groups is 1. The van der Waals surface area contributed by atoms with Gasteiger partial charge in [0.15, 0.2) is 0 Å². The van der Waals surface area contributed by atoms with Crippen LogP contribution in [0.2, 0.25) is 0 Å². The van der Waals surface area contributed by atoms with Gasteiger partial charge < -0.3 is 14.7 Å². The number of ether oxygens (including phenoxy) is 1. The number of carbonyl (C=O) groups is 1. The van der Waals surface area contributed by atoms with Crippen LogP contribution in [0.1, 0.15) is 46.4 Å². The number of rotatable bonds is 7. The van der Waals surface area contributed by atoms with Crippen LogP contribution in [-0.4, -0.2) is 47.6 Å². The minimum Gasteiger partial charge on any atom is -0.495 e. The van der Waals surface area contributed by atoms with Gasteiger partial charge in [-0.1, -0.05) is 41.7 Å². The molecule has 0 bridgehead atoms. The molecule has 8 heteroatoms. The molecular weight excluding hydrogens is 474 g/mol. The predicted molar refractivity (Wildman–Crippen MR) is 142 cm³/mol. The van der Waals surface area contributed by atoms with Crippen LogP contribution in [0, 0.1) is 12.8 Å². The fourth-order valence-electron chi connectivity index (χ4n) is 5.51. The average Bonchev–Trinajstić information content (AvgIpc) is 3.19. The summed E-state index contributed by atoms with van der Waals surface area (Å²) >= 11 is 1.02. The van der Waals surface area contributed by atoms with Crippen LogP contribution in [0.3, 0.4) is 0 Å². The van der Waals surface area contributed by atoms with Crippen molar-refractivity contribution in [2.75, 3.05) is 31.6 Å². The summed E-state index contributed by atoms with van der Waals surface area (Å²) in [5, 5.41) is 10.1. The van der Waals surface area contributed by atoms with Crippen LogP contribution in [0.25, 0.3) is 0 Å². The highest BCUT2D eigenvalue weighted by Gasteiger charge is 2.32. The zero-order valence-electron chi connectivity index (χ0n) is 20.9. The number of aromatic amines is 1. The van der Waals surface area contributed by atoms with Crippen LogP contribution in [0.15, 0.2) is 41.2 Å². The van der Waals surface area contributed by atoms with Gasteiger partial charge in [-0.25, -0.2) is 0 Å². The normalized spacial score (nSPS) is 16.8. The second-order valence-corrected chi connectivity index (χ2v) is 10.9. The number of carbonyl (C=O) groups excluding carboxylic acids is 1. The Morgan fingerprint density at radius 1 is 1.08 bits per heavy atom. The molecule has 2 aromatic carbocycles. The van der Waals surface area contributed by atoms with Crippen LogP contribution in [0.4, 0.5) is 5.69 Å². The fraction of sp³-hybridized carbons (Fsp3) is 0.429. The molecule has 3 aromatic rings. The van der Waals surface area contributed by atoms with Gasteiger partial charge in [0.05, 0.1) is 17.7 Å². The first-order valence-electron chi connectivity index (χ1n) is 12.6. The fourth-order valence-corrected chi connectivity index (χ4v) is 6.25. The maximum absolute atomic E-state index is 13.1. The van der Waals surface area contributed by atoms with Crippen molar-refractivity contribution in [3.05, 3.63) is 73.2 Å². The van der Waals surface area contributed by atoms with E-state index in [1.54, 1.807) is 7.11 Å². The first kappa shape index (κ1) is 24.6. The van der Waals surface area contributed by atoms with Gasteiger partial charge in [-0.05, 0) is 73.5 Å². The summed E-state index contributed by atoms with van der Waals surface area (Å²) in [4.78, 5) is 32.1. The topological polar surface area (TPSA) is 85.9 Å². The summed E-state index contributed by atoms with van der Waals surface area (Å²) in [6.07, 6.45) is 3.64. The summed E-state index contributed by atoms with van der Waals surface area (Å²) in [5.74, 6) is 1.19. The second-order valence-electron chi connectivity index (χ2n) is 9.87. The quantitative estimate of drug-likeness (QED) is 0.500. The maximum Gasteiger partial charge on any atom is 0.307 e. The van der Waals surface area contributed by atoms with Crippen molar-refractivity contribution in [3.63, 3.8) is 0 Å². The number of anilines is 1. The smallest absolute Gasteiger partial charge is 0.307 e. The van der Waals surface area contributed by atoms with Crippen LogP contribution in [0.5, 0.6) is 11.6 Å². The zero-order valence-corrected chi connectivity index (χ0v) is 21.7. The number of aromatic nitrogens is 1. The Balaban J connectivity index is 1.33. The van der Waals surface area contributed by atoms with Crippen molar-refractivity contribution in [2.45, 2.75) is 45.6 Å². The molecule has 1 aromatic heterocycles. The molecule has 1 amide bonds. The average molecular weight is 508 g/mol. The molecule has 0 unspecified atom stereocenters. The summed E-state index contributed by atoms with van der Waals surface area (Å²) < 4.78 is 5.70. The van der Waals surface area contributed by atoms with Crippen molar-refractivity contribution in [1.29, 1.82) is 0 Å². The molecule has 1 fully saturated rings. The zero-order chi connectivity index (χ0) is 25.2. The molecule has 0 saturated carbocycles. The number of amides is 1. The Kier molecular flexibility index (Phi) is 7.16. The molecule has 0 radical (unpaired) electrons. The number of likely N-dealkylation sites (tertiary alicyclic amines) is 1. The number of piperidine rings is 1. The molecule has 0 atom stereocenters. The molecule has 2 N–H and O–H groups in total. The Labute approximate surface area is 215 Å².